The third-order valence-corrected chi connectivity index (χ3v) is 3.62. The lowest BCUT2D eigenvalue weighted by atomic mass is 9.99. The first-order chi connectivity index (χ1) is 10.2. The van der Waals surface area contributed by atoms with Crippen molar-refractivity contribution in [3.63, 3.8) is 0 Å². The summed E-state index contributed by atoms with van der Waals surface area (Å²) in [5, 5.41) is 3.44. The fraction of sp³-hybridized carbons (Fsp3) is 0.333. The molecule has 1 nitrogen and oxygen atoms in total. The molecule has 2 rings (SSSR count). The van der Waals surface area contributed by atoms with Crippen molar-refractivity contribution in [3.05, 3.63) is 71.3 Å². The van der Waals surface area contributed by atoms with Gasteiger partial charge >= 0.3 is 0 Å². The molecule has 0 amide bonds. The second-order valence-corrected chi connectivity index (χ2v) is 5.13. The third kappa shape index (κ3) is 4.36. The number of hydrogen-bond donors (Lipinski definition) is 1. The van der Waals surface area contributed by atoms with E-state index in [1.165, 1.54) is 5.56 Å². The lowest BCUT2D eigenvalue weighted by Crippen LogP contribution is -2.21. The molecule has 0 radical (unpaired) electrons. The van der Waals surface area contributed by atoms with Gasteiger partial charge in [0, 0.05) is 6.04 Å². The minimum Gasteiger partial charge on any atom is -0.310 e. The Bertz CT molecular complexity index is 554. The van der Waals surface area contributed by atoms with Crippen LogP contribution in [0.1, 0.15) is 36.9 Å². The molecule has 2 aromatic carbocycles. The highest BCUT2D eigenvalue weighted by Crippen LogP contribution is 2.21. The van der Waals surface area contributed by atoms with Crippen LogP contribution >= 0.6 is 0 Å². The molecule has 1 unspecified atom stereocenters. The molecule has 0 aliphatic carbocycles. The van der Waals surface area contributed by atoms with Gasteiger partial charge in [-0.05, 0) is 43.0 Å². The topological polar surface area (TPSA) is 12.0 Å². The van der Waals surface area contributed by atoms with Gasteiger partial charge in [0.25, 0.3) is 0 Å². The molecule has 0 saturated carbocycles. The lowest BCUT2D eigenvalue weighted by Gasteiger charge is -2.18. The Morgan fingerprint density at radius 2 is 1.76 bits per heavy atom. The van der Waals surface area contributed by atoms with Gasteiger partial charge in [-0.2, -0.15) is 0 Å². The minimum absolute atomic E-state index is 0.257. The summed E-state index contributed by atoms with van der Waals surface area (Å²) in [7, 11) is 0. The van der Waals surface area contributed by atoms with Crippen molar-refractivity contribution in [2.75, 3.05) is 6.54 Å². The SMILES string of the molecule is CCNC(CCCc1cccc(F)c1F)c1ccccc1. The molecule has 0 spiro atoms. The van der Waals surface area contributed by atoms with Gasteiger partial charge in [0.2, 0.25) is 0 Å². The number of rotatable bonds is 7. The number of hydrogen-bond acceptors (Lipinski definition) is 1. The molecule has 0 fully saturated rings. The summed E-state index contributed by atoms with van der Waals surface area (Å²) in [6.07, 6.45) is 2.26. The molecule has 0 bridgehead atoms. The van der Waals surface area contributed by atoms with Crippen LogP contribution in [0.4, 0.5) is 8.78 Å². The average Bonchev–Trinajstić information content (AvgIpc) is 2.51. The monoisotopic (exact) mass is 289 g/mol. The molecule has 3 heteroatoms. The minimum atomic E-state index is -0.765. The first-order valence-corrected chi connectivity index (χ1v) is 7.43. The number of aryl methyl sites for hydroxylation is 1. The van der Waals surface area contributed by atoms with E-state index < -0.39 is 11.6 Å². The second kappa shape index (κ2) is 7.89. The van der Waals surface area contributed by atoms with Crippen molar-refractivity contribution in [1.29, 1.82) is 0 Å². The van der Waals surface area contributed by atoms with E-state index in [-0.39, 0.29) is 6.04 Å². The first-order valence-electron chi connectivity index (χ1n) is 7.43. The highest BCUT2D eigenvalue weighted by atomic mass is 19.2. The van der Waals surface area contributed by atoms with E-state index in [9.17, 15) is 8.78 Å². The van der Waals surface area contributed by atoms with E-state index in [0.29, 0.717) is 12.0 Å². The summed E-state index contributed by atoms with van der Waals surface area (Å²) in [6.45, 7) is 2.95. The van der Waals surface area contributed by atoms with Crippen LogP contribution in [0.15, 0.2) is 48.5 Å². The largest absolute Gasteiger partial charge is 0.310 e. The summed E-state index contributed by atoms with van der Waals surface area (Å²) in [5.74, 6) is -1.48. The summed E-state index contributed by atoms with van der Waals surface area (Å²) >= 11 is 0. The van der Waals surface area contributed by atoms with Crippen molar-refractivity contribution in [2.24, 2.45) is 0 Å². The first kappa shape index (κ1) is 15.6. The van der Waals surface area contributed by atoms with Crippen molar-refractivity contribution in [3.8, 4) is 0 Å². The molecule has 0 aliphatic heterocycles. The predicted molar refractivity (Wildman–Crippen MR) is 82.2 cm³/mol. The molecular formula is C18H21F2N. The molecule has 0 aromatic heterocycles. The van der Waals surface area contributed by atoms with Gasteiger partial charge < -0.3 is 5.32 Å². The average molecular weight is 289 g/mol. The van der Waals surface area contributed by atoms with E-state index in [2.05, 4.69) is 24.4 Å². The molecule has 1 atom stereocenters. The van der Waals surface area contributed by atoms with E-state index in [0.717, 1.165) is 25.5 Å². The fourth-order valence-corrected chi connectivity index (χ4v) is 2.56. The maximum Gasteiger partial charge on any atom is 0.162 e. The van der Waals surface area contributed by atoms with E-state index in [1.54, 1.807) is 12.1 Å². The summed E-state index contributed by atoms with van der Waals surface area (Å²) in [6, 6.07) is 14.9. The Balaban J connectivity index is 1.95. The van der Waals surface area contributed by atoms with Gasteiger partial charge in [0.15, 0.2) is 11.6 Å². The predicted octanol–water partition coefficient (Wildman–Crippen LogP) is 4.64. The Labute approximate surface area is 125 Å². The van der Waals surface area contributed by atoms with Gasteiger partial charge in [-0.15, -0.1) is 0 Å². The molecule has 1 N–H and O–H groups in total. The van der Waals surface area contributed by atoms with Crippen LogP contribution in [-0.4, -0.2) is 6.54 Å². The zero-order valence-electron chi connectivity index (χ0n) is 12.3. The highest BCUT2D eigenvalue weighted by Gasteiger charge is 2.11. The summed E-state index contributed by atoms with van der Waals surface area (Å²) < 4.78 is 26.8. The van der Waals surface area contributed by atoms with Crippen molar-refractivity contribution < 1.29 is 8.78 Å². The molecular weight excluding hydrogens is 268 g/mol. The van der Waals surface area contributed by atoms with Crippen molar-refractivity contribution in [2.45, 2.75) is 32.2 Å². The van der Waals surface area contributed by atoms with E-state index >= 15 is 0 Å². The molecule has 0 aliphatic rings. The van der Waals surface area contributed by atoms with Crippen LogP contribution < -0.4 is 5.32 Å². The van der Waals surface area contributed by atoms with Crippen LogP contribution in [-0.2, 0) is 6.42 Å². The van der Waals surface area contributed by atoms with Crippen LogP contribution in [0.5, 0.6) is 0 Å². The summed E-state index contributed by atoms with van der Waals surface area (Å²) in [5.41, 5.74) is 1.69. The normalized spacial score (nSPS) is 12.3. The number of benzene rings is 2. The Kier molecular flexibility index (Phi) is 5.88. The maximum absolute atomic E-state index is 13.6. The zero-order chi connectivity index (χ0) is 15.1. The summed E-state index contributed by atoms with van der Waals surface area (Å²) in [4.78, 5) is 0. The van der Waals surface area contributed by atoms with Gasteiger partial charge in [-0.25, -0.2) is 8.78 Å². The quantitative estimate of drug-likeness (QED) is 0.783. The van der Waals surface area contributed by atoms with Gasteiger partial charge in [-0.1, -0.05) is 49.4 Å². The van der Waals surface area contributed by atoms with Crippen LogP contribution in [0.25, 0.3) is 0 Å². The Morgan fingerprint density at radius 1 is 1.00 bits per heavy atom. The molecule has 0 heterocycles. The molecule has 112 valence electrons. The lowest BCUT2D eigenvalue weighted by molar-refractivity contribution is 0.479. The van der Waals surface area contributed by atoms with E-state index in [4.69, 9.17) is 0 Å². The molecule has 2 aromatic rings. The third-order valence-electron chi connectivity index (χ3n) is 3.62. The molecule has 21 heavy (non-hydrogen) atoms. The number of halogens is 2. The van der Waals surface area contributed by atoms with Gasteiger partial charge in [-0.3, -0.25) is 0 Å². The van der Waals surface area contributed by atoms with Crippen molar-refractivity contribution >= 4 is 0 Å². The Morgan fingerprint density at radius 3 is 2.48 bits per heavy atom. The smallest absolute Gasteiger partial charge is 0.162 e. The van der Waals surface area contributed by atoms with Gasteiger partial charge in [0.05, 0.1) is 0 Å². The highest BCUT2D eigenvalue weighted by molar-refractivity contribution is 5.20. The maximum atomic E-state index is 13.6. The Hall–Kier alpha value is -1.74. The molecule has 0 saturated heterocycles. The standard InChI is InChI=1S/C18H21F2N/c1-2-21-17(14-8-4-3-5-9-14)13-7-11-15-10-6-12-16(19)18(15)20/h3-6,8-10,12,17,21H,2,7,11,13H2,1H3. The second-order valence-electron chi connectivity index (χ2n) is 5.13. The van der Waals surface area contributed by atoms with E-state index in [1.807, 2.05) is 18.2 Å². The van der Waals surface area contributed by atoms with Crippen molar-refractivity contribution in [1.82, 2.24) is 5.32 Å². The zero-order valence-corrected chi connectivity index (χ0v) is 12.3. The van der Waals surface area contributed by atoms with Crippen LogP contribution in [0, 0.1) is 11.6 Å². The fourth-order valence-electron chi connectivity index (χ4n) is 2.56. The van der Waals surface area contributed by atoms with Crippen LogP contribution in [0.2, 0.25) is 0 Å². The number of nitrogens with one attached hydrogen (secondary N) is 1. The van der Waals surface area contributed by atoms with Crippen LogP contribution in [0.3, 0.4) is 0 Å². The van der Waals surface area contributed by atoms with Gasteiger partial charge in [0.1, 0.15) is 0 Å².